The molecule has 0 aliphatic carbocycles. The summed E-state index contributed by atoms with van der Waals surface area (Å²) in [5.74, 6) is 1.22. The lowest BCUT2D eigenvalue weighted by Crippen LogP contribution is -2.34. The third kappa shape index (κ3) is 2.55. The highest BCUT2D eigenvalue weighted by Gasteiger charge is 2.17. The molecule has 1 aliphatic rings. The van der Waals surface area contributed by atoms with E-state index in [1.165, 1.54) is 0 Å². The molecule has 1 aliphatic heterocycles. The van der Waals surface area contributed by atoms with Gasteiger partial charge in [-0.15, -0.1) is 0 Å². The zero-order valence-electron chi connectivity index (χ0n) is 9.35. The van der Waals surface area contributed by atoms with Crippen molar-refractivity contribution in [3.8, 4) is 0 Å². The van der Waals surface area contributed by atoms with Crippen LogP contribution in [0.1, 0.15) is 18.5 Å². The number of aromatic nitrogens is 2. The van der Waals surface area contributed by atoms with Crippen LogP contribution < -0.4 is 4.90 Å². The largest absolute Gasteiger partial charge is 0.378 e. The normalized spacial score (nSPS) is 16.6. The molecule has 5 heteroatoms. The highest BCUT2D eigenvalue weighted by Crippen LogP contribution is 2.16. The standard InChI is InChI=1S/C11H15N3O2/c1-16-7-9-6-11(13-8-12-9)14-4-2-10(15)3-5-14/h6,8H,2-5,7H2,1H3. The van der Waals surface area contributed by atoms with Gasteiger partial charge in [0, 0.05) is 39.1 Å². The Morgan fingerprint density at radius 2 is 2.12 bits per heavy atom. The van der Waals surface area contributed by atoms with Gasteiger partial charge in [0.25, 0.3) is 0 Å². The predicted octanol–water partition coefficient (Wildman–Crippen LogP) is 0.792. The van der Waals surface area contributed by atoms with E-state index >= 15 is 0 Å². The molecule has 0 atom stereocenters. The zero-order valence-corrected chi connectivity index (χ0v) is 9.35. The fourth-order valence-corrected chi connectivity index (χ4v) is 1.77. The van der Waals surface area contributed by atoms with Crippen LogP contribution in [0.3, 0.4) is 0 Å². The Labute approximate surface area is 94.5 Å². The van der Waals surface area contributed by atoms with Crippen LogP contribution in [0, 0.1) is 0 Å². The van der Waals surface area contributed by atoms with Gasteiger partial charge < -0.3 is 9.64 Å². The van der Waals surface area contributed by atoms with Gasteiger partial charge >= 0.3 is 0 Å². The summed E-state index contributed by atoms with van der Waals surface area (Å²) in [6.45, 7) is 1.99. The minimum atomic E-state index is 0.336. The van der Waals surface area contributed by atoms with Crippen LogP contribution in [-0.2, 0) is 16.1 Å². The SMILES string of the molecule is COCc1cc(N2CCC(=O)CC2)ncn1. The summed E-state index contributed by atoms with van der Waals surface area (Å²) in [5, 5.41) is 0. The Balaban J connectivity index is 2.08. The maximum Gasteiger partial charge on any atom is 0.136 e. The predicted molar refractivity (Wildman–Crippen MR) is 59.2 cm³/mol. The molecular formula is C11H15N3O2. The van der Waals surface area contributed by atoms with Crippen molar-refractivity contribution >= 4 is 11.6 Å². The fraction of sp³-hybridized carbons (Fsp3) is 0.545. The third-order valence-corrected chi connectivity index (χ3v) is 2.65. The molecule has 0 amide bonds. The Kier molecular flexibility index (Phi) is 3.46. The topological polar surface area (TPSA) is 55.3 Å². The van der Waals surface area contributed by atoms with Crippen molar-refractivity contribution in [3.05, 3.63) is 18.1 Å². The van der Waals surface area contributed by atoms with E-state index in [0.29, 0.717) is 25.2 Å². The molecule has 0 N–H and O–H groups in total. The van der Waals surface area contributed by atoms with E-state index in [0.717, 1.165) is 24.6 Å². The minimum Gasteiger partial charge on any atom is -0.378 e. The second kappa shape index (κ2) is 5.03. The minimum absolute atomic E-state index is 0.336. The first-order valence-electron chi connectivity index (χ1n) is 5.36. The van der Waals surface area contributed by atoms with Crippen LogP contribution in [0.5, 0.6) is 0 Å². The van der Waals surface area contributed by atoms with Crippen LogP contribution in [0.15, 0.2) is 12.4 Å². The van der Waals surface area contributed by atoms with Gasteiger partial charge in [-0.25, -0.2) is 9.97 Å². The van der Waals surface area contributed by atoms with Crippen molar-refractivity contribution in [1.29, 1.82) is 0 Å². The lowest BCUT2D eigenvalue weighted by Gasteiger charge is -2.27. The number of piperidine rings is 1. The van der Waals surface area contributed by atoms with E-state index in [4.69, 9.17) is 4.74 Å². The molecule has 0 radical (unpaired) electrons. The van der Waals surface area contributed by atoms with Crippen molar-refractivity contribution in [2.24, 2.45) is 0 Å². The number of methoxy groups -OCH3 is 1. The lowest BCUT2D eigenvalue weighted by molar-refractivity contribution is -0.119. The molecule has 86 valence electrons. The summed E-state index contributed by atoms with van der Waals surface area (Å²) in [7, 11) is 1.64. The van der Waals surface area contributed by atoms with Gasteiger partial charge in [0.15, 0.2) is 0 Å². The quantitative estimate of drug-likeness (QED) is 0.755. The molecule has 16 heavy (non-hydrogen) atoms. The van der Waals surface area contributed by atoms with E-state index in [-0.39, 0.29) is 0 Å². The monoisotopic (exact) mass is 221 g/mol. The summed E-state index contributed by atoms with van der Waals surface area (Å²) < 4.78 is 5.02. The Morgan fingerprint density at radius 3 is 2.81 bits per heavy atom. The van der Waals surface area contributed by atoms with E-state index < -0.39 is 0 Å². The highest BCUT2D eigenvalue weighted by atomic mass is 16.5. The summed E-state index contributed by atoms with van der Waals surface area (Å²) in [5.41, 5.74) is 0.865. The van der Waals surface area contributed by atoms with Crippen molar-refractivity contribution in [2.75, 3.05) is 25.1 Å². The average Bonchev–Trinajstić information content (AvgIpc) is 2.31. The van der Waals surface area contributed by atoms with Crippen LogP contribution >= 0.6 is 0 Å². The number of ether oxygens (including phenoxy) is 1. The van der Waals surface area contributed by atoms with Gasteiger partial charge in [0.05, 0.1) is 12.3 Å². The molecule has 1 saturated heterocycles. The number of nitrogens with zero attached hydrogens (tertiary/aromatic N) is 3. The molecule has 1 fully saturated rings. The second-order valence-electron chi connectivity index (χ2n) is 3.83. The fourth-order valence-electron chi connectivity index (χ4n) is 1.77. The summed E-state index contributed by atoms with van der Waals surface area (Å²) in [4.78, 5) is 21.6. The number of anilines is 1. The lowest BCUT2D eigenvalue weighted by atomic mass is 10.1. The first-order valence-corrected chi connectivity index (χ1v) is 5.36. The average molecular weight is 221 g/mol. The summed E-state index contributed by atoms with van der Waals surface area (Å²) >= 11 is 0. The highest BCUT2D eigenvalue weighted by molar-refractivity contribution is 5.80. The molecule has 2 rings (SSSR count). The van der Waals surface area contributed by atoms with Gasteiger partial charge in [-0.05, 0) is 0 Å². The van der Waals surface area contributed by atoms with E-state index in [2.05, 4.69) is 14.9 Å². The molecule has 0 unspecified atom stereocenters. The maximum atomic E-state index is 11.1. The van der Waals surface area contributed by atoms with Gasteiger partial charge in [0.1, 0.15) is 17.9 Å². The zero-order chi connectivity index (χ0) is 11.4. The van der Waals surface area contributed by atoms with Crippen molar-refractivity contribution in [3.63, 3.8) is 0 Å². The summed E-state index contributed by atoms with van der Waals surface area (Å²) in [6, 6.07) is 1.92. The number of ketones is 1. The first kappa shape index (κ1) is 11.0. The second-order valence-corrected chi connectivity index (χ2v) is 3.83. The molecule has 2 heterocycles. The maximum absolute atomic E-state index is 11.1. The van der Waals surface area contributed by atoms with Gasteiger partial charge in [-0.3, -0.25) is 4.79 Å². The number of carbonyl (C=O) groups excluding carboxylic acids is 1. The summed E-state index contributed by atoms with van der Waals surface area (Å²) in [6.07, 6.45) is 2.77. The first-order chi connectivity index (χ1) is 7.79. The van der Waals surface area contributed by atoms with E-state index in [9.17, 15) is 4.79 Å². The molecule has 5 nitrogen and oxygen atoms in total. The molecule has 1 aromatic rings. The molecule has 0 spiro atoms. The molecule has 0 bridgehead atoms. The molecular weight excluding hydrogens is 206 g/mol. The number of hydrogen-bond donors (Lipinski definition) is 0. The van der Waals surface area contributed by atoms with Crippen LogP contribution in [-0.4, -0.2) is 36.0 Å². The van der Waals surface area contributed by atoms with E-state index in [1.54, 1.807) is 13.4 Å². The third-order valence-electron chi connectivity index (χ3n) is 2.65. The molecule has 0 aromatic carbocycles. The Hall–Kier alpha value is -1.49. The van der Waals surface area contributed by atoms with Crippen molar-refractivity contribution in [1.82, 2.24) is 9.97 Å². The molecule has 1 aromatic heterocycles. The van der Waals surface area contributed by atoms with Crippen molar-refractivity contribution in [2.45, 2.75) is 19.4 Å². The molecule has 0 saturated carbocycles. The van der Waals surface area contributed by atoms with Gasteiger partial charge in [-0.1, -0.05) is 0 Å². The van der Waals surface area contributed by atoms with Gasteiger partial charge in [0.2, 0.25) is 0 Å². The van der Waals surface area contributed by atoms with Crippen molar-refractivity contribution < 1.29 is 9.53 Å². The van der Waals surface area contributed by atoms with Crippen LogP contribution in [0.25, 0.3) is 0 Å². The Bertz CT molecular complexity index is 371. The number of hydrogen-bond acceptors (Lipinski definition) is 5. The number of Topliss-reactive ketones (excluding diaryl/α,β-unsaturated/α-hetero) is 1. The van der Waals surface area contributed by atoms with Crippen LogP contribution in [0.2, 0.25) is 0 Å². The smallest absolute Gasteiger partial charge is 0.136 e. The Morgan fingerprint density at radius 1 is 1.38 bits per heavy atom. The van der Waals surface area contributed by atoms with Crippen LogP contribution in [0.4, 0.5) is 5.82 Å². The number of carbonyl (C=O) groups is 1. The number of rotatable bonds is 3. The van der Waals surface area contributed by atoms with E-state index in [1.807, 2.05) is 6.07 Å². The van der Waals surface area contributed by atoms with Gasteiger partial charge in [-0.2, -0.15) is 0 Å².